The van der Waals surface area contributed by atoms with Gasteiger partial charge in [0, 0.05) is 13.0 Å². The summed E-state index contributed by atoms with van der Waals surface area (Å²) in [6, 6.07) is 4.11. The van der Waals surface area contributed by atoms with Crippen molar-refractivity contribution < 1.29 is 0 Å². The topological polar surface area (TPSA) is 42.2 Å². The molecule has 0 atom stereocenters. The molecule has 2 aromatic heterocycles. The standard InChI is InChI=1S/C12H18N4/c1-3-4-10-5-6-12-14-11(7-8-13-2)9-16(12)15-10/h5-6,9,13H,3-4,7-8H2,1-2H3. The van der Waals surface area contributed by atoms with Crippen LogP contribution in [0.2, 0.25) is 0 Å². The zero-order chi connectivity index (χ0) is 11.4. The van der Waals surface area contributed by atoms with Crippen LogP contribution in [0.1, 0.15) is 24.7 Å². The van der Waals surface area contributed by atoms with Crippen LogP contribution in [0.5, 0.6) is 0 Å². The molecule has 16 heavy (non-hydrogen) atoms. The van der Waals surface area contributed by atoms with Crippen molar-refractivity contribution >= 4 is 5.65 Å². The van der Waals surface area contributed by atoms with E-state index in [1.165, 1.54) is 0 Å². The van der Waals surface area contributed by atoms with E-state index in [4.69, 9.17) is 0 Å². The van der Waals surface area contributed by atoms with Gasteiger partial charge in [0.2, 0.25) is 0 Å². The predicted molar refractivity (Wildman–Crippen MR) is 64.6 cm³/mol. The fraction of sp³-hybridized carbons (Fsp3) is 0.500. The Kier molecular flexibility index (Phi) is 3.51. The van der Waals surface area contributed by atoms with Crippen molar-refractivity contribution in [3.05, 3.63) is 29.7 Å². The van der Waals surface area contributed by atoms with Crippen LogP contribution in [-0.4, -0.2) is 28.2 Å². The molecule has 0 saturated carbocycles. The van der Waals surface area contributed by atoms with Crippen molar-refractivity contribution in [2.75, 3.05) is 13.6 Å². The van der Waals surface area contributed by atoms with E-state index in [1.54, 1.807) is 0 Å². The minimum absolute atomic E-state index is 0.936. The maximum Gasteiger partial charge on any atom is 0.153 e. The summed E-state index contributed by atoms with van der Waals surface area (Å²) in [6.45, 7) is 3.11. The van der Waals surface area contributed by atoms with Gasteiger partial charge in [0.15, 0.2) is 5.65 Å². The Labute approximate surface area is 95.7 Å². The van der Waals surface area contributed by atoms with Crippen LogP contribution in [0.4, 0.5) is 0 Å². The first-order valence-corrected chi connectivity index (χ1v) is 5.82. The minimum atomic E-state index is 0.936. The highest BCUT2D eigenvalue weighted by molar-refractivity contribution is 5.38. The molecule has 0 bridgehead atoms. The van der Waals surface area contributed by atoms with Crippen molar-refractivity contribution in [1.82, 2.24) is 19.9 Å². The Balaban J connectivity index is 2.23. The van der Waals surface area contributed by atoms with E-state index < -0.39 is 0 Å². The molecule has 2 rings (SSSR count). The average Bonchev–Trinajstić information content (AvgIpc) is 2.68. The monoisotopic (exact) mass is 218 g/mol. The van der Waals surface area contributed by atoms with Crippen molar-refractivity contribution in [3.8, 4) is 0 Å². The summed E-state index contributed by atoms with van der Waals surface area (Å²) >= 11 is 0. The molecule has 4 heteroatoms. The molecule has 86 valence electrons. The summed E-state index contributed by atoms with van der Waals surface area (Å²) in [5.41, 5.74) is 3.16. The highest BCUT2D eigenvalue weighted by Gasteiger charge is 2.02. The lowest BCUT2D eigenvalue weighted by atomic mass is 10.2. The maximum absolute atomic E-state index is 4.53. The zero-order valence-electron chi connectivity index (χ0n) is 9.90. The van der Waals surface area contributed by atoms with Crippen molar-refractivity contribution in [2.45, 2.75) is 26.2 Å². The fourth-order valence-corrected chi connectivity index (χ4v) is 1.73. The number of nitrogens with one attached hydrogen (secondary N) is 1. The second-order valence-electron chi connectivity index (χ2n) is 3.96. The molecule has 0 radical (unpaired) electrons. The first kappa shape index (κ1) is 11.1. The Morgan fingerprint density at radius 1 is 1.25 bits per heavy atom. The van der Waals surface area contributed by atoms with Gasteiger partial charge in [-0.25, -0.2) is 9.50 Å². The molecular formula is C12H18N4. The molecule has 0 saturated heterocycles. The molecule has 2 aromatic rings. The van der Waals surface area contributed by atoms with E-state index >= 15 is 0 Å². The third-order valence-electron chi connectivity index (χ3n) is 2.56. The van der Waals surface area contributed by atoms with Crippen LogP contribution in [0, 0.1) is 0 Å². The smallest absolute Gasteiger partial charge is 0.153 e. The molecule has 4 nitrogen and oxygen atoms in total. The van der Waals surface area contributed by atoms with Crippen molar-refractivity contribution in [3.63, 3.8) is 0 Å². The zero-order valence-corrected chi connectivity index (χ0v) is 9.90. The molecule has 1 N–H and O–H groups in total. The molecule has 0 aliphatic rings. The van der Waals surface area contributed by atoms with Crippen molar-refractivity contribution in [1.29, 1.82) is 0 Å². The van der Waals surface area contributed by atoms with E-state index in [1.807, 2.05) is 23.8 Å². The van der Waals surface area contributed by atoms with Crippen molar-refractivity contribution in [2.24, 2.45) is 0 Å². The normalized spacial score (nSPS) is 11.1. The summed E-state index contributed by atoms with van der Waals surface area (Å²) in [7, 11) is 1.95. The van der Waals surface area contributed by atoms with Crippen LogP contribution in [0.25, 0.3) is 5.65 Å². The fourth-order valence-electron chi connectivity index (χ4n) is 1.73. The average molecular weight is 218 g/mol. The summed E-state index contributed by atoms with van der Waals surface area (Å²) < 4.78 is 1.88. The number of fused-ring (bicyclic) bond motifs is 1. The number of aromatic nitrogens is 3. The molecule has 0 aliphatic heterocycles. The van der Waals surface area contributed by atoms with Crippen LogP contribution < -0.4 is 5.32 Å². The number of hydrogen-bond donors (Lipinski definition) is 1. The van der Waals surface area contributed by atoms with E-state index in [-0.39, 0.29) is 0 Å². The molecule has 0 amide bonds. The SMILES string of the molecule is CCCc1ccc2nc(CCNC)cn2n1. The first-order valence-electron chi connectivity index (χ1n) is 5.82. The lowest BCUT2D eigenvalue weighted by molar-refractivity contribution is 0.777. The summed E-state index contributed by atoms with van der Waals surface area (Å²) in [6.07, 6.45) is 5.12. The lowest BCUT2D eigenvalue weighted by Gasteiger charge is -1.97. The number of rotatable bonds is 5. The molecule has 0 spiro atoms. The number of hydrogen-bond acceptors (Lipinski definition) is 3. The van der Waals surface area contributed by atoms with Gasteiger partial charge in [0.1, 0.15) is 0 Å². The predicted octanol–water partition coefficient (Wildman–Crippen LogP) is 1.44. The lowest BCUT2D eigenvalue weighted by Crippen LogP contribution is -2.10. The van der Waals surface area contributed by atoms with Gasteiger partial charge in [-0.05, 0) is 25.6 Å². The minimum Gasteiger partial charge on any atom is -0.319 e. The molecule has 0 aromatic carbocycles. The van der Waals surface area contributed by atoms with Gasteiger partial charge in [-0.2, -0.15) is 5.10 Å². The van der Waals surface area contributed by atoms with Gasteiger partial charge in [0.25, 0.3) is 0 Å². The first-order chi connectivity index (χ1) is 7.83. The van der Waals surface area contributed by atoms with Crippen LogP contribution >= 0.6 is 0 Å². The highest BCUT2D eigenvalue weighted by atomic mass is 15.2. The Hall–Kier alpha value is -1.42. The van der Waals surface area contributed by atoms with E-state index in [0.717, 1.165) is 42.8 Å². The summed E-state index contributed by atoms with van der Waals surface area (Å²) in [4.78, 5) is 4.51. The Bertz CT molecular complexity index is 461. The Morgan fingerprint density at radius 2 is 2.12 bits per heavy atom. The van der Waals surface area contributed by atoms with Gasteiger partial charge in [-0.3, -0.25) is 0 Å². The number of nitrogens with zero attached hydrogens (tertiary/aromatic N) is 3. The third-order valence-corrected chi connectivity index (χ3v) is 2.56. The quantitative estimate of drug-likeness (QED) is 0.825. The number of imidazole rings is 1. The maximum atomic E-state index is 4.53. The van der Waals surface area contributed by atoms with Gasteiger partial charge >= 0.3 is 0 Å². The van der Waals surface area contributed by atoms with Crippen LogP contribution in [0.3, 0.4) is 0 Å². The van der Waals surface area contributed by atoms with Crippen LogP contribution in [0.15, 0.2) is 18.3 Å². The molecular weight excluding hydrogens is 200 g/mol. The molecule has 2 heterocycles. The molecule has 0 fully saturated rings. The van der Waals surface area contributed by atoms with Gasteiger partial charge in [-0.15, -0.1) is 0 Å². The number of likely N-dealkylation sites (N-methyl/N-ethyl adjacent to an activating group) is 1. The largest absolute Gasteiger partial charge is 0.319 e. The summed E-state index contributed by atoms with van der Waals surface area (Å²) in [5.74, 6) is 0. The Morgan fingerprint density at radius 3 is 2.88 bits per heavy atom. The van der Waals surface area contributed by atoms with Gasteiger partial charge < -0.3 is 5.32 Å². The summed E-state index contributed by atoms with van der Waals surface area (Å²) in [5, 5.41) is 7.65. The van der Waals surface area contributed by atoms with E-state index in [9.17, 15) is 0 Å². The highest BCUT2D eigenvalue weighted by Crippen LogP contribution is 2.06. The van der Waals surface area contributed by atoms with Gasteiger partial charge in [-0.1, -0.05) is 13.3 Å². The number of aryl methyl sites for hydroxylation is 1. The third kappa shape index (κ3) is 2.39. The molecule has 0 aliphatic carbocycles. The molecule has 0 unspecified atom stereocenters. The van der Waals surface area contributed by atoms with Gasteiger partial charge in [0.05, 0.1) is 17.6 Å². The van der Waals surface area contributed by atoms with E-state index in [2.05, 4.69) is 28.4 Å². The second kappa shape index (κ2) is 5.07. The van der Waals surface area contributed by atoms with E-state index in [0.29, 0.717) is 0 Å². The second-order valence-corrected chi connectivity index (χ2v) is 3.96. The van der Waals surface area contributed by atoms with Crippen LogP contribution in [-0.2, 0) is 12.8 Å².